The predicted octanol–water partition coefficient (Wildman–Crippen LogP) is 3.61. The highest BCUT2D eigenvalue weighted by Crippen LogP contribution is 2.31. The van der Waals surface area contributed by atoms with E-state index >= 15 is 0 Å². The smallest absolute Gasteiger partial charge is 0.306 e. The molecule has 0 bridgehead atoms. The van der Waals surface area contributed by atoms with Gasteiger partial charge in [-0.15, -0.1) is 0 Å². The second-order valence-electron chi connectivity index (χ2n) is 5.70. The summed E-state index contributed by atoms with van der Waals surface area (Å²) in [6, 6.07) is 8.02. The minimum absolute atomic E-state index is 0.106. The average molecular weight is 280 g/mol. The van der Waals surface area contributed by atoms with Crippen molar-refractivity contribution >= 4 is 14.0 Å². The van der Waals surface area contributed by atoms with Crippen LogP contribution in [0.3, 0.4) is 0 Å². The molecule has 1 atom stereocenters. The first-order valence-corrected chi connectivity index (χ1v) is 10.3. The summed E-state index contributed by atoms with van der Waals surface area (Å²) in [5.41, 5.74) is 1.48. The summed E-state index contributed by atoms with van der Waals surface area (Å²) in [6.45, 7) is 9.12. The van der Waals surface area contributed by atoms with Gasteiger partial charge in [0.15, 0.2) is 0 Å². The maximum Gasteiger partial charge on any atom is 0.306 e. The fourth-order valence-electron chi connectivity index (χ4n) is 2.15. The monoisotopic (exact) mass is 280 g/mol. The molecule has 0 aromatic heterocycles. The van der Waals surface area contributed by atoms with Gasteiger partial charge in [0.25, 0.3) is 0 Å². The number of ether oxygens (including phenoxy) is 2. The van der Waals surface area contributed by atoms with Crippen LogP contribution >= 0.6 is 0 Å². The second-order valence-corrected chi connectivity index (χ2v) is 11.1. The van der Waals surface area contributed by atoms with E-state index in [9.17, 15) is 4.79 Å². The van der Waals surface area contributed by atoms with Crippen LogP contribution in [0, 0.1) is 0 Å². The Labute approximate surface area is 116 Å². The van der Waals surface area contributed by atoms with Crippen LogP contribution in [0.2, 0.25) is 19.6 Å². The largest absolute Gasteiger partial charge is 0.497 e. The number of esters is 1. The van der Waals surface area contributed by atoms with E-state index in [2.05, 4.69) is 31.8 Å². The molecular weight excluding hydrogens is 256 g/mol. The molecule has 1 rings (SSSR count). The van der Waals surface area contributed by atoms with E-state index in [4.69, 9.17) is 9.47 Å². The molecule has 0 amide bonds. The molecule has 0 aliphatic heterocycles. The summed E-state index contributed by atoms with van der Waals surface area (Å²) in [5.74, 6) is 0.736. The topological polar surface area (TPSA) is 35.5 Å². The van der Waals surface area contributed by atoms with Gasteiger partial charge in [0.05, 0.1) is 21.8 Å². The zero-order chi connectivity index (χ0) is 14.5. The van der Waals surface area contributed by atoms with E-state index < -0.39 is 8.07 Å². The van der Waals surface area contributed by atoms with Gasteiger partial charge in [-0.05, 0) is 30.2 Å². The molecule has 0 saturated heterocycles. The van der Waals surface area contributed by atoms with Crippen molar-refractivity contribution in [3.63, 3.8) is 0 Å². The Bertz CT molecular complexity index is 406. The van der Waals surface area contributed by atoms with E-state index in [1.165, 1.54) is 5.56 Å². The number of carbonyl (C=O) groups is 1. The third-order valence-corrected chi connectivity index (χ3v) is 5.87. The normalized spacial score (nSPS) is 12.9. The van der Waals surface area contributed by atoms with Crippen LogP contribution in [-0.2, 0) is 9.53 Å². The van der Waals surface area contributed by atoms with Crippen molar-refractivity contribution in [3.05, 3.63) is 29.8 Å². The minimum Gasteiger partial charge on any atom is -0.497 e. The summed E-state index contributed by atoms with van der Waals surface area (Å²) in [7, 11) is 0.168. The van der Waals surface area contributed by atoms with E-state index in [0.29, 0.717) is 13.0 Å². The van der Waals surface area contributed by atoms with Crippen LogP contribution in [-0.4, -0.2) is 27.8 Å². The molecule has 1 unspecified atom stereocenters. The van der Waals surface area contributed by atoms with Crippen molar-refractivity contribution in [3.8, 4) is 5.75 Å². The van der Waals surface area contributed by atoms with Gasteiger partial charge in [0.2, 0.25) is 0 Å². The Kier molecular flexibility index (Phi) is 5.60. The van der Waals surface area contributed by atoms with Gasteiger partial charge in [-0.3, -0.25) is 4.79 Å². The highest BCUT2D eigenvalue weighted by atomic mass is 28.3. The van der Waals surface area contributed by atoms with Gasteiger partial charge in [-0.2, -0.15) is 0 Å². The maximum absolute atomic E-state index is 11.8. The summed E-state index contributed by atoms with van der Waals surface area (Å²) >= 11 is 0. The molecular formula is C15H24O3Si. The highest BCUT2D eigenvalue weighted by Gasteiger charge is 2.30. The first-order valence-electron chi connectivity index (χ1n) is 6.68. The van der Waals surface area contributed by atoms with Crippen molar-refractivity contribution in [1.29, 1.82) is 0 Å². The van der Waals surface area contributed by atoms with Gasteiger partial charge in [0, 0.05) is 6.42 Å². The van der Waals surface area contributed by atoms with Crippen molar-refractivity contribution in [2.45, 2.75) is 38.5 Å². The number of methoxy groups -OCH3 is 1. The van der Waals surface area contributed by atoms with Crippen molar-refractivity contribution in [1.82, 2.24) is 0 Å². The standard InChI is InChI=1S/C15H24O3Si/c1-6-18-15(16)11-14(19(3,4)5)12-7-9-13(17-2)10-8-12/h7-10,14H,6,11H2,1-5H3. The molecule has 1 aromatic rings. The number of carbonyl (C=O) groups excluding carboxylic acids is 1. The van der Waals surface area contributed by atoms with E-state index in [-0.39, 0.29) is 11.5 Å². The lowest BCUT2D eigenvalue weighted by Crippen LogP contribution is -2.33. The third kappa shape index (κ3) is 4.71. The lowest BCUT2D eigenvalue weighted by Gasteiger charge is -2.28. The van der Waals surface area contributed by atoms with Gasteiger partial charge in [-0.25, -0.2) is 0 Å². The fraction of sp³-hybridized carbons (Fsp3) is 0.533. The SMILES string of the molecule is CCOC(=O)CC(c1ccc(OC)cc1)[Si](C)(C)C. The molecule has 0 saturated carbocycles. The number of rotatable bonds is 6. The van der Waals surface area contributed by atoms with Crippen LogP contribution in [0.15, 0.2) is 24.3 Å². The Morgan fingerprint density at radius 3 is 2.21 bits per heavy atom. The quantitative estimate of drug-likeness (QED) is 0.590. The lowest BCUT2D eigenvalue weighted by molar-refractivity contribution is -0.143. The van der Waals surface area contributed by atoms with Gasteiger partial charge >= 0.3 is 5.97 Å². The molecule has 0 fully saturated rings. The fourth-order valence-corrected chi connectivity index (χ4v) is 4.12. The maximum atomic E-state index is 11.8. The van der Waals surface area contributed by atoms with Crippen LogP contribution < -0.4 is 4.74 Å². The van der Waals surface area contributed by atoms with Gasteiger partial charge in [-0.1, -0.05) is 31.8 Å². The summed E-state index contributed by atoms with van der Waals surface area (Å²) in [5, 5.41) is 0. The number of hydrogen-bond donors (Lipinski definition) is 0. The molecule has 1 aromatic carbocycles. The first-order chi connectivity index (χ1) is 8.88. The molecule has 0 radical (unpaired) electrons. The Morgan fingerprint density at radius 1 is 1.21 bits per heavy atom. The third-order valence-electron chi connectivity index (χ3n) is 3.24. The Balaban J connectivity index is 2.93. The second kappa shape index (κ2) is 6.75. The van der Waals surface area contributed by atoms with E-state index in [1.807, 2.05) is 19.1 Å². The molecule has 0 heterocycles. The highest BCUT2D eigenvalue weighted by molar-refractivity contribution is 6.77. The number of hydrogen-bond acceptors (Lipinski definition) is 3. The van der Waals surface area contributed by atoms with E-state index in [0.717, 1.165) is 5.75 Å². The van der Waals surface area contributed by atoms with Crippen LogP contribution in [0.5, 0.6) is 5.75 Å². The Morgan fingerprint density at radius 2 is 1.79 bits per heavy atom. The first kappa shape index (κ1) is 15.8. The van der Waals surface area contributed by atoms with Crippen LogP contribution in [0.25, 0.3) is 0 Å². The molecule has 4 heteroatoms. The molecule has 0 spiro atoms. The van der Waals surface area contributed by atoms with Crippen molar-refractivity contribution in [2.24, 2.45) is 0 Å². The Hall–Kier alpha value is -1.29. The zero-order valence-electron chi connectivity index (χ0n) is 12.5. The van der Waals surface area contributed by atoms with Gasteiger partial charge in [0.1, 0.15) is 5.75 Å². The molecule has 19 heavy (non-hydrogen) atoms. The average Bonchev–Trinajstić information content (AvgIpc) is 2.35. The van der Waals surface area contributed by atoms with E-state index in [1.54, 1.807) is 7.11 Å². The summed E-state index contributed by atoms with van der Waals surface area (Å²) in [6.07, 6.45) is 0.468. The zero-order valence-corrected chi connectivity index (χ0v) is 13.5. The van der Waals surface area contributed by atoms with Crippen molar-refractivity contribution < 1.29 is 14.3 Å². The van der Waals surface area contributed by atoms with Crippen LogP contribution in [0.1, 0.15) is 24.4 Å². The lowest BCUT2D eigenvalue weighted by atomic mass is 10.1. The summed E-state index contributed by atoms with van der Waals surface area (Å²) < 4.78 is 10.3. The van der Waals surface area contributed by atoms with Crippen molar-refractivity contribution in [2.75, 3.05) is 13.7 Å². The molecule has 106 valence electrons. The minimum atomic E-state index is -1.49. The number of benzene rings is 1. The molecule has 0 aliphatic rings. The van der Waals surface area contributed by atoms with Gasteiger partial charge < -0.3 is 9.47 Å². The summed E-state index contributed by atoms with van der Waals surface area (Å²) in [4.78, 5) is 11.8. The molecule has 0 aliphatic carbocycles. The predicted molar refractivity (Wildman–Crippen MR) is 80.3 cm³/mol. The van der Waals surface area contributed by atoms with Crippen LogP contribution in [0.4, 0.5) is 0 Å². The molecule has 0 N–H and O–H groups in total. The molecule has 3 nitrogen and oxygen atoms in total.